The number of nitrogens with two attached hydrogens (primary N) is 1. The predicted molar refractivity (Wildman–Crippen MR) is 84.9 cm³/mol. The number of quaternary nitrogens is 1. The molecule has 4 N–H and O–H groups in total. The van der Waals surface area contributed by atoms with E-state index in [0.29, 0.717) is 38.2 Å². The van der Waals surface area contributed by atoms with Crippen LogP contribution in [0.25, 0.3) is 0 Å². The Morgan fingerprint density at radius 1 is 1.42 bits per heavy atom. The standard InChI is InChI=1S/C16H21N5O3/c22-14-12(4-2-6-19-14)20-15(23)13-10-21(8-7-18-13)16(24)11-3-1-5-17-9-11/h1,3,5,9,12-13,18H,2,4,6-8,10H2,(H,19,22)(H,20,23)/p+1/t12-,13-/m0/s1. The van der Waals surface area contributed by atoms with Gasteiger partial charge in [-0.1, -0.05) is 0 Å². The van der Waals surface area contributed by atoms with Crippen LogP contribution in [0.5, 0.6) is 0 Å². The number of rotatable bonds is 3. The molecule has 128 valence electrons. The molecule has 3 amide bonds. The number of hydrogen-bond acceptors (Lipinski definition) is 4. The number of hydrogen-bond donors (Lipinski definition) is 3. The molecule has 8 nitrogen and oxygen atoms in total. The van der Waals surface area contributed by atoms with E-state index >= 15 is 0 Å². The van der Waals surface area contributed by atoms with Crippen LogP contribution in [0.3, 0.4) is 0 Å². The van der Waals surface area contributed by atoms with Gasteiger partial charge < -0.3 is 20.9 Å². The smallest absolute Gasteiger partial charge is 0.280 e. The summed E-state index contributed by atoms with van der Waals surface area (Å²) in [7, 11) is 0. The van der Waals surface area contributed by atoms with E-state index in [9.17, 15) is 14.4 Å². The van der Waals surface area contributed by atoms with Gasteiger partial charge in [0.2, 0.25) is 5.91 Å². The van der Waals surface area contributed by atoms with Gasteiger partial charge in [0, 0.05) is 18.9 Å². The zero-order valence-electron chi connectivity index (χ0n) is 13.4. The number of carbonyl (C=O) groups excluding carboxylic acids is 3. The summed E-state index contributed by atoms with van der Waals surface area (Å²) in [5.41, 5.74) is 0.519. The zero-order valence-corrected chi connectivity index (χ0v) is 13.4. The van der Waals surface area contributed by atoms with Crippen molar-refractivity contribution in [2.24, 2.45) is 0 Å². The third-order valence-corrected chi connectivity index (χ3v) is 4.40. The number of carbonyl (C=O) groups is 3. The van der Waals surface area contributed by atoms with Crippen LogP contribution in [0.1, 0.15) is 23.2 Å². The Balaban J connectivity index is 1.59. The molecule has 3 rings (SSSR count). The lowest BCUT2D eigenvalue weighted by Crippen LogP contribution is -2.98. The quantitative estimate of drug-likeness (QED) is 0.587. The summed E-state index contributed by atoms with van der Waals surface area (Å²) in [5, 5.41) is 7.48. The van der Waals surface area contributed by atoms with Gasteiger partial charge >= 0.3 is 0 Å². The first-order chi connectivity index (χ1) is 11.6. The molecular formula is C16H22N5O3+. The SMILES string of the molecule is O=C1NCCC[C@@H]1NC(=O)[C@@H]1CN(C(=O)c2cccnc2)CC[NH2+]1. The number of aromatic nitrogens is 1. The molecule has 0 radical (unpaired) electrons. The number of piperidine rings is 1. The van der Waals surface area contributed by atoms with Crippen LogP contribution in [0.2, 0.25) is 0 Å². The molecule has 8 heteroatoms. The Kier molecular flexibility index (Phi) is 5.05. The largest absolute Gasteiger partial charge is 0.354 e. The van der Waals surface area contributed by atoms with Gasteiger partial charge in [-0.25, -0.2) is 0 Å². The second kappa shape index (κ2) is 7.39. The summed E-state index contributed by atoms with van der Waals surface area (Å²) in [6.45, 7) is 2.23. The van der Waals surface area contributed by atoms with Gasteiger partial charge in [-0.05, 0) is 25.0 Å². The molecule has 24 heavy (non-hydrogen) atoms. The molecule has 2 fully saturated rings. The van der Waals surface area contributed by atoms with Gasteiger partial charge in [0.15, 0.2) is 6.04 Å². The molecule has 0 bridgehead atoms. The average Bonchev–Trinajstić information content (AvgIpc) is 2.64. The lowest BCUT2D eigenvalue weighted by Gasteiger charge is -2.31. The van der Waals surface area contributed by atoms with Gasteiger partial charge in [0.05, 0.1) is 25.2 Å². The van der Waals surface area contributed by atoms with Crippen molar-refractivity contribution in [3.8, 4) is 0 Å². The highest BCUT2D eigenvalue weighted by atomic mass is 16.2. The van der Waals surface area contributed by atoms with Crippen molar-refractivity contribution < 1.29 is 19.7 Å². The lowest BCUT2D eigenvalue weighted by atomic mass is 10.1. The van der Waals surface area contributed by atoms with E-state index in [1.807, 2.05) is 5.32 Å². The molecule has 2 aliphatic rings. The highest BCUT2D eigenvalue weighted by Crippen LogP contribution is 2.06. The number of pyridine rings is 1. The average molecular weight is 332 g/mol. The summed E-state index contributed by atoms with van der Waals surface area (Å²) in [6, 6.07) is 2.57. The Bertz CT molecular complexity index is 621. The van der Waals surface area contributed by atoms with Crippen LogP contribution >= 0.6 is 0 Å². The van der Waals surface area contributed by atoms with Crippen LogP contribution < -0.4 is 16.0 Å². The molecule has 0 spiro atoms. The van der Waals surface area contributed by atoms with E-state index in [1.165, 1.54) is 6.20 Å². The van der Waals surface area contributed by atoms with Crippen molar-refractivity contribution >= 4 is 17.7 Å². The van der Waals surface area contributed by atoms with E-state index < -0.39 is 12.1 Å². The first-order valence-corrected chi connectivity index (χ1v) is 8.26. The van der Waals surface area contributed by atoms with Crippen LogP contribution in [-0.4, -0.2) is 65.9 Å². The van der Waals surface area contributed by atoms with Crippen molar-refractivity contribution in [1.82, 2.24) is 20.5 Å². The fourth-order valence-corrected chi connectivity index (χ4v) is 3.07. The first kappa shape index (κ1) is 16.4. The number of nitrogens with one attached hydrogen (secondary N) is 2. The number of piperazine rings is 1. The Hall–Kier alpha value is -2.48. The minimum atomic E-state index is -0.468. The third kappa shape index (κ3) is 3.70. The van der Waals surface area contributed by atoms with Crippen molar-refractivity contribution in [2.75, 3.05) is 26.2 Å². The maximum Gasteiger partial charge on any atom is 0.280 e. The van der Waals surface area contributed by atoms with Crippen LogP contribution in [0.4, 0.5) is 0 Å². The summed E-state index contributed by atoms with van der Waals surface area (Å²) in [6.07, 6.45) is 4.66. The van der Waals surface area contributed by atoms with Crippen LogP contribution in [-0.2, 0) is 9.59 Å². The van der Waals surface area contributed by atoms with E-state index in [4.69, 9.17) is 0 Å². The van der Waals surface area contributed by atoms with Crippen LogP contribution in [0.15, 0.2) is 24.5 Å². The lowest BCUT2D eigenvalue weighted by molar-refractivity contribution is -0.684. The van der Waals surface area contributed by atoms with E-state index in [0.717, 1.165) is 6.42 Å². The van der Waals surface area contributed by atoms with Crippen molar-refractivity contribution in [3.63, 3.8) is 0 Å². The van der Waals surface area contributed by atoms with E-state index in [2.05, 4.69) is 15.6 Å². The minimum Gasteiger partial charge on any atom is -0.354 e. The Labute approximate surface area is 140 Å². The molecule has 0 unspecified atom stereocenters. The maximum atomic E-state index is 12.5. The summed E-state index contributed by atoms with van der Waals surface area (Å²) in [4.78, 5) is 42.3. The molecule has 2 atom stereocenters. The Morgan fingerprint density at radius 2 is 2.29 bits per heavy atom. The molecule has 1 aromatic rings. The van der Waals surface area contributed by atoms with Gasteiger partial charge in [-0.2, -0.15) is 0 Å². The summed E-state index contributed by atoms with van der Waals surface area (Å²) < 4.78 is 0. The fourth-order valence-electron chi connectivity index (χ4n) is 3.07. The molecule has 0 saturated carbocycles. The highest BCUT2D eigenvalue weighted by Gasteiger charge is 2.34. The highest BCUT2D eigenvalue weighted by molar-refractivity contribution is 5.95. The monoisotopic (exact) mass is 332 g/mol. The van der Waals surface area contributed by atoms with E-state index in [-0.39, 0.29) is 17.7 Å². The second-order valence-corrected chi connectivity index (χ2v) is 6.12. The minimum absolute atomic E-state index is 0.121. The first-order valence-electron chi connectivity index (χ1n) is 8.26. The number of amides is 3. The molecular weight excluding hydrogens is 310 g/mol. The molecule has 2 aliphatic heterocycles. The molecule has 0 aliphatic carbocycles. The summed E-state index contributed by atoms with van der Waals surface area (Å²) >= 11 is 0. The van der Waals surface area contributed by atoms with Crippen molar-refractivity contribution in [1.29, 1.82) is 0 Å². The van der Waals surface area contributed by atoms with Gasteiger partial charge in [-0.15, -0.1) is 0 Å². The van der Waals surface area contributed by atoms with Crippen molar-refractivity contribution in [3.05, 3.63) is 30.1 Å². The number of nitrogens with zero attached hydrogens (tertiary/aromatic N) is 2. The van der Waals surface area contributed by atoms with Gasteiger partial charge in [0.25, 0.3) is 11.8 Å². The van der Waals surface area contributed by atoms with Crippen molar-refractivity contribution in [2.45, 2.75) is 24.9 Å². The predicted octanol–water partition coefficient (Wildman–Crippen LogP) is -2.14. The second-order valence-electron chi connectivity index (χ2n) is 6.12. The maximum absolute atomic E-state index is 12.5. The Morgan fingerprint density at radius 3 is 3.04 bits per heavy atom. The van der Waals surface area contributed by atoms with Gasteiger partial charge in [0.1, 0.15) is 6.04 Å². The molecule has 2 saturated heterocycles. The summed E-state index contributed by atoms with van der Waals surface area (Å²) in [5.74, 6) is -0.446. The fraction of sp³-hybridized carbons (Fsp3) is 0.500. The third-order valence-electron chi connectivity index (χ3n) is 4.40. The molecule has 0 aromatic carbocycles. The molecule has 3 heterocycles. The van der Waals surface area contributed by atoms with E-state index in [1.54, 1.807) is 23.2 Å². The van der Waals surface area contributed by atoms with Crippen LogP contribution in [0, 0.1) is 0 Å². The normalized spacial score (nSPS) is 24.2. The topological polar surface area (TPSA) is 108 Å². The van der Waals surface area contributed by atoms with Gasteiger partial charge in [-0.3, -0.25) is 19.4 Å². The molecule has 1 aromatic heterocycles. The zero-order chi connectivity index (χ0) is 16.9.